The largest absolute Gasteiger partial charge is 0.349 e. The number of rotatable bonds is 5. The number of anilines is 1. The number of carbonyl (C=O) groups is 2. The minimum absolute atomic E-state index is 0.230. The van der Waals surface area contributed by atoms with Gasteiger partial charge in [-0.25, -0.2) is 0 Å². The van der Waals surface area contributed by atoms with Gasteiger partial charge in [0.25, 0.3) is 11.8 Å². The SMILES string of the molecule is C=CCNC(=O)c1cccc(C(=O)Nc2cccc(C)c2C)c1. The molecule has 0 atom stereocenters. The van der Waals surface area contributed by atoms with Crippen LogP contribution in [0.4, 0.5) is 5.69 Å². The Bertz CT molecular complexity index is 751. The molecule has 2 amide bonds. The summed E-state index contributed by atoms with van der Waals surface area (Å²) in [6, 6.07) is 12.4. The van der Waals surface area contributed by atoms with E-state index in [1.54, 1.807) is 30.3 Å². The molecule has 0 aromatic heterocycles. The number of benzene rings is 2. The second-order valence-electron chi connectivity index (χ2n) is 5.28. The van der Waals surface area contributed by atoms with E-state index in [2.05, 4.69) is 17.2 Å². The van der Waals surface area contributed by atoms with E-state index in [-0.39, 0.29) is 11.8 Å². The minimum Gasteiger partial charge on any atom is -0.349 e. The Labute approximate surface area is 136 Å². The van der Waals surface area contributed by atoms with Crippen molar-refractivity contribution >= 4 is 17.5 Å². The zero-order valence-corrected chi connectivity index (χ0v) is 13.3. The molecule has 0 bridgehead atoms. The summed E-state index contributed by atoms with van der Waals surface area (Å²) in [7, 11) is 0. The first-order valence-electron chi connectivity index (χ1n) is 7.39. The molecule has 2 aromatic carbocycles. The Hall–Kier alpha value is -2.88. The molecule has 4 nitrogen and oxygen atoms in total. The molecule has 2 rings (SSSR count). The lowest BCUT2D eigenvalue weighted by molar-refractivity contribution is 0.0958. The van der Waals surface area contributed by atoms with Crippen LogP contribution in [0.15, 0.2) is 55.1 Å². The van der Waals surface area contributed by atoms with E-state index >= 15 is 0 Å². The minimum atomic E-state index is -0.239. The lowest BCUT2D eigenvalue weighted by atomic mass is 10.1. The van der Waals surface area contributed by atoms with Gasteiger partial charge in [0, 0.05) is 23.4 Å². The summed E-state index contributed by atoms with van der Waals surface area (Å²) < 4.78 is 0. The van der Waals surface area contributed by atoms with Crippen LogP contribution < -0.4 is 10.6 Å². The van der Waals surface area contributed by atoms with Crippen LogP contribution in [-0.4, -0.2) is 18.4 Å². The van der Waals surface area contributed by atoms with Crippen molar-refractivity contribution in [3.8, 4) is 0 Å². The molecule has 0 unspecified atom stereocenters. The first kappa shape index (κ1) is 16.5. The molecular weight excluding hydrogens is 288 g/mol. The van der Waals surface area contributed by atoms with Gasteiger partial charge in [-0.3, -0.25) is 9.59 Å². The van der Waals surface area contributed by atoms with E-state index in [4.69, 9.17) is 0 Å². The molecule has 2 N–H and O–H groups in total. The van der Waals surface area contributed by atoms with Gasteiger partial charge in [-0.2, -0.15) is 0 Å². The van der Waals surface area contributed by atoms with E-state index in [1.165, 1.54) is 0 Å². The molecule has 0 radical (unpaired) electrons. The number of hydrogen-bond acceptors (Lipinski definition) is 2. The Kier molecular flexibility index (Phi) is 5.31. The lowest BCUT2D eigenvalue weighted by Crippen LogP contribution is -2.23. The monoisotopic (exact) mass is 308 g/mol. The molecule has 0 aliphatic heterocycles. The van der Waals surface area contributed by atoms with E-state index in [1.807, 2.05) is 32.0 Å². The van der Waals surface area contributed by atoms with Gasteiger partial charge >= 0.3 is 0 Å². The zero-order chi connectivity index (χ0) is 16.8. The van der Waals surface area contributed by atoms with E-state index in [0.29, 0.717) is 17.7 Å². The fraction of sp³-hybridized carbons (Fsp3) is 0.158. The fourth-order valence-corrected chi connectivity index (χ4v) is 2.15. The van der Waals surface area contributed by atoms with Crippen LogP contribution in [0.5, 0.6) is 0 Å². The second kappa shape index (κ2) is 7.40. The molecule has 0 heterocycles. The highest BCUT2D eigenvalue weighted by atomic mass is 16.2. The zero-order valence-electron chi connectivity index (χ0n) is 13.3. The van der Waals surface area contributed by atoms with Crippen molar-refractivity contribution in [2.24, 2.45) is 0 Å². The standard InChI is InChI=1S/C19H20N2O2/c1-4-11-20-18(22)15-8-6-9-16(12-15)19(23)21-17-10-5-7-13(2)14(17)3/h4-10,12H,1,11H2,2-3H3,(H,20,22)(H,21,23). The molecule has 2 aromatic rings. The van der Waals surface area contributed by atoms with Gasteiger partial charge in [-0.05, 0) is 49.2 Å². The quantitative estimate of drug-likeness (QED) is 0.831. The van der Waals surface area contributed by atoms with Crippen LogP contribution in [0.1, 0.15) is 31.8 Å². The molecule has 0 aliphatic carbocycles. The molecule has 23 heavy (non-hydrogen) atoms. The number of nitrogens with one attached hydrogen (secondary N) is 2. The number of amides is 2. The molecular formula is C19H20N2O2. The van der Waals surface area contributed by atoms with Crippen LogP contribution in [0.2, 0.25) is 0 Å². The van der Waals surface area contributed by atoms with Crippen molar-refractivity contribution in [3.05, 3.63) is 77.4 Å². The van der Waals surface area contributed by atoms with Gasteiger partial charge in [0.15, 0.2) is 0 Å². The van der Waals surface area contributed by atoms with Crippen molar-refractivity contribution in [2.45, 2.75) is 13.8 Å². The molecule has 0 saturated carbocycles. The predicted octanol–water partition coefficient (Wildman–Crippen LogP) is 3.47. The molecule has 0 spiro atoms. The third-order valence-corrected chi connectivity index (χ3v) is 3.65. The van der Waals surface area contributed by atoms with Crippen LogP contribution in [0.3, 0.4) is 0 Å². The lowest BCUT2D eigenvalue weighted by Gasteiger charge is -2.11. The average molecular weight is 308 g/mol. The summed E-state index contributed by atoms with van der Waals surface area (Å²) in [5, 5.41) is 5.58. The third kappa shape index (κ3) is 4.07. The maximum Gasteiger partial charge on any atom is 0.255 e. The third-order valence-electron chi connectivity index (χ3n) is 3.65. The first-order chi connectivity index (χ1) is 11.0. The highest BCUT2D eigenvalue weighted by Gasteiger charge is 2.11. The smallest absolute Gasteiger partial charge is 0.255 e. The summed E-state index contributed by atoms with van der Waals surface area (Å²) in [5.41, 5.74) is 3.80. The summed E-state index contributed by atoms with van der Waals surface area (Å²) in [6.45, 7) is 7.90. The van der Waals surface area contributed by atoms with E-state index in [0.717, 1.165) is 16.8 Å². The van der Waals surface area contributed by atoms with Gasteiger partial charge < -0.3 is 10.6 Å². The van der Waals surface area contributed by atoms with Crippen LogP contribution in [0.25, 0.3) is 0 Å². The highest BCUT2D eigenvalue weighted by Crippen LogP contribution is 2.19. The van der Waals surface area contributed by atoms with E-state index in [9.17, 15) is 9.59 Å². The Morgan fingerprint density at radius 2 is 1.70 bits per heavy atom. The van der Waals surface area contributed by atoms with Crippen molar-refractivity contribution in [1.82, 2.24) is 5.32 Å². The van der Waals surface area contributed by atoms with Gasteiger partial charge in [-0.15, -0.1) is 6.58 Å². The maximum absolute atomic E-state index is 12.4. The van der Waals surface area contributed by atoms with Gasteiger partial charge in [-0.1, -0.05) is 24.3 Å². The summed E-state index contributed by atoms with van der Waals surface area (Å²) in [5.74, 6) is -0.469. The molecule has 4 heteroatoms. The predicted molar refractivity (Wildman–Crippen MR) is 92.8 cm³/mol. The van der Waals surface area contributed by atoms with Gasteiger partial charge in [0.1, 0.15) is 0 Å². The second-order valence-corrected chi connectivity index (χ2v) is 5.28. The number of aryl methyl sites for hydroxylation is 1. The summed E-state index contributed by atoms with van der Waals surface area (Å²) >= 11 is 0. The average Bonchev–Trinajstić information content (AvgIpc) is 2.57. The Balaban J connectivity index is 2.18. The Morgan fingerprint density at radius 1 is 1.04 bits per heavy atom. The summed E-state index contributed by atoms with van der Waals surface area (Å²) in [6.07, 6.45) is 1.61. The van der Waals surface area contributed by atoms with Crippen molar-refractivity contribution in [3.63, 3.8) is 0 Å². The number of hydrogen-bond donors (Lipinski definition) is 2. The van der Waals surface area contributed by atoms with E-state index < -0.39 is 0 Å². The van der Waals surface area contributed by atoms with Crippen molar-refractivity contribution in [1.29, 1.82) is 0 Å². The molecule has 0 aliphatic rings. The molecule has 0 saturated heterocycles. The van der Waals surface area contributed by atoms with Gasteiger partial charge in [0.2, 0.25) is 0 Å². The number of carbonyl (C=O) groups excluding carboxylic acids is 2. The van der Waals surface area contributed by atoms with Crippen molar-refractivity contribution in [2.75, 3.05) is 11.9 Å². The van der Waals surface area contributed by atoms with Crippen LogP contribution >= 0.6 is 0 Å². The van der Waals surface area contributed by atoms with Crippen molar-refractivity contribution < 1.29 is 9.59 Å². The normalized spacial score (nSPS) is 10.0. The summed E-state index contributed by atoms with van der Waals surface area (Å²) in [4.78, 5) is 24.4. The molecule has 0 fully saturated rings. The fourth-order valence-electron chi connectivity index (χ4n) is 2.15. The highest BCUT2D eigenvalue weighted by molar-refractivity contribution is 6.06. The maximum atomic E-state index is 12.4. The molecule has 118 valence electrons. The van der Waals surface area contributed by atoms with Gasteiger partial charge in [0.05, 0.1) is 0 Å². The van der Waals surface area contributed by atoms with Crippen LogP contribution in [-0.2, 0) is 0 Å². The topological polar surface area (TPSA) is 58.2 Å². The Morgan fingerprint density at radius 3 is 2.39 bits per heavy atom. The van der Waals surface area contributed by atoms with Crippen LogP contribution in [0, 0.1) is 13.8 Å². The first-order valence-corrected chi connectivity index (χ1v) is 7.39.